The van der Waals surface area contributed by atoms with E-state index in [0.717, 1.165) is 25.9 Å². The molecule has 1 atom stereocenters. The lowest BCUT2D eigenvalue weighted by molar-refractivity contribution is -0.0395. The summed E-state index contributed by atoms with van der Waals surface area (Å²) in [5.41, 5.74) is 0.348. The average Bonchev–Trinajstić information content (AvgIpc) is 2.53. The maximum Gasteiger partial charge on any atom is 0.100 e. The SMILES string of the molecule is OCC1(O)CCCCN(Cc2ccccc2)C1. The minimum atomic E-state index is -0.911. The zero-order valence-electron chi connectivity index (χ0n) is 10.2. The number of rotatable bonds is 3. The fourth-order valence-corrected chi connectivity index (χ4v) is 2.47. The van der Waals surface area contributed by atoms with Crippen LogP contribution in [0.25, 0.3) is 0 Å². The van der Waals surface area contributed by atoms with Gasteiger partial charge < -0.3 is 10.2 Å². The van der Waals surface area contributed by atoms with E-state index < -0.39 is 5.60 Å². The van der Waals surface area contributed by atoms with Crippen molar-refractivity contribution in [2.45, 2.75) is 31.4 Å². The van der Waals surface area contributed by atoms with Crippen molar-refractivity contribution < 1.29 is 10.2 Å². The topological polar surface area (TPSA) is 43.7 Å². The largest absolute Gasteiger partial charge is 0.393 e. The molecule has 94 valence electrons. The molecule has 2 N–H and O–H groups in total. The molecule has 1 unspecified atom stereocenters. The van der Waals surface area contributed by atoms with Crippen molar-refractivity contribution in [2.24, 2.45) is 0 Å². The van der Waals surface area contributed by atoms with Crippen LogP contribution < -0.4 is 0 Å². The Morgan fingerprint density at radius 1 is 1.18 bits per heavy atom. The third-order valence-electron chi connectivity index (χ3n) is 3.43. The van der Waals surface area contributed by atoms with Crippen LogP contribution in [0.1, 0.15) is 24.8 Å². The zero-order valence-corrected chi connectivity index (χ0v) is 10.2. The summed E-state index contributed by atoms with van der Waals surface area (Å²) >= 11 is 0. The third kappa shape index (κ3) is 3.53. The summed E-state index contributed by atoms with van der Waals surface area (Å²) in [5.74, 6) is 0. The Bertz CT molecular complexity index is 341. The molecule has 3 heteroatoms. The molecular formula is C14H21NO2. The molecule has 2 rings (SSSR count). The Kier molecular flexibility index (Phi) is 4.15. The van der Waals surface area contributed by atoms with Crippen molar-refractivity contribution in [2.75, 3.05) is 19.7 Å². The molecule has 1 fully saturated rings. The molecule has 0 radical (unpaired) electrons. The molecule has 0 amide bonds. The summed E-state index contributed by atoms with van der Waals surface area (Å²) in [6.07, 6.45) is 2.78. The van der Waals surface area contributed by atoms with Crippen LogP contribution >= 0.6 is 0 Å². The van der Waals surface area contributed by atoms with E-state index in [-0.39, 0.29) is 6.61 Å². The van der Waals surface area contributed by atoms with Gasteiger partial charge in [0.15, 0.2) is 0 Å². The molecule has 1 aromatic carbocycles. The third-order valence-corrected chi connectivity index (χ3v) is 3.43. The van der Waals surface area contributed by atoms with Crippen LogP contribution in [0.3, 0.4) is 0 Å². The lowest BCUT2D eigenvalue weighted by Crippen LogP contribution is -2.44. The monoisotopic (exact) mass is 235 g/mol. The molecule has 1 aliphatic rings. The van der Waals surface area contributed by atoms with E-state index in [4.69, 9.17) is 0 Å². The summed E-state index contributed by atoms with van der Waals surface area (Å²) in [6.45, 7) is 2.27. The number of hydrogen-bond donors (Lipinski definition) is 2. The molecule has 1 aliphatic heterocycles. The number of nitrogens with zero attached hydrogens (tertiary/aromatic N) is 1. The zero-order chi connectivity index (χ0) is 12.1. The molecule has 0 bridgehead atoms. The molecule has 3 nitrogen and oxygen atoms in total. The lowest BCUT2D eigenvalue weighted by Gasteiger charge is -2.30. The van der Waals surface area contributed by atoms with Gasteiger partial charge in [-0.05, 0) is 31.4 Å². The average molecular weight is 235 g/mol. The molecule has 17 heavy (non-hydrogen) atoms. The van der Waals surface area contributed by atoms with Gasteiger partial charge in [-0.2, -0.15) is 0 Å². The first-order valence-corrected chi connectivity index (χ1v) is 6.31. The lowest BCUT2D eigenvalue weighted by atomic mass is 9.99. The summed E-state index contributed by atoms with van der Waals surface area (Å²) in [5, 5.41) is 19.5. The summed E-state index contributed by atoms with van der Waals surface area (Å²) in [6, 6.07) is 10.3. The summed E-state index contributed by atoms with van der Waals surface area (Å²) in [4.78, 5) is 2.23. The molecule has 1 saturated heterocycles. The second kappa shape index (κ2) is 5.63. The van der Waals surface area contributed by atoms with E-state index in [0.29, 0.717) is 13.0 Å². The van der Waals surface area contributed by atoms with Gasteiger partial charge in [0.05, 0.1) is 6.61 Å². The van der Waals surface area contributed by atoms with Gasteiger partial charge >= 0.3 is 0 Å². The molecule has 0 spiro atoms. The minimum Gasteiger partial charge on any atom is -0.393 e. The normalized spacial score (nSPS) is 26.7. The van der Waals surface area contributed by atoms with Crippen LogP contribution in [-0.2, 0) is 6.54 Å². The van der Waals surface area contributed by atoms with Crippen LogP contribution in [0.2, 0.25) is 0 Å². The Hall–Kier alpha value is -0.900. The van der Waals surface area contributed by atoms with Gasteiger partial charge in [0, 0.05) is 13.1 Å². The number of β-amino-alcohol motifs (C(OH)–C–C–N with tert-alkyl or cyclic N) is 1. The smallest absolute Gasteiger partial charge is 0.100 e. The van der Waals surface area contributed by atoms with E-state index in [1.165, 1.54) is 5.56 Å². The first-order chi connectivity index (χ1) is 8.22. The van der Waals surface area contributed by atoms with Crippen molar-refractivity contribution in [3.05, 3.63) is 35.9 Å². The number of likely N-dealkylation sites (tertiary alicyclic amines) is 1. The van der Waals surface area contributed by atoms with Crippen molar-refractivity contribution in [3.8, 4) is 0 Å². The fraction of sp³-hybridized carbons (Fsp3) is 0.571. The van der Waals surface area contributed by atoms with Crippen molar-refractivity contribution in [3.63, 3.8) is 0 Å². The standard InChI is InChI=1S/C14H21NO2/c16-12-14(17)8-4-5-9-15(11-14)10-13-6-2-1-3-7-13/h1-3,6-7,16-17H,4-5,8-12H2. The highest BCUT2D eigenvalue weighted by Crippen LogP contribution is 2.21. The number of hydrogen-bond acceptors (Lipinski definition) is 3. The van der Waals surface area contributed by atoms with E-state index in [1.807, 2.05) is 18.2 Å². The van der Waals surface area contributed by atoms with Crippen molar-refractivity contribution in [1.29, 1.82) is 0 Å². The van der Waals surface area contributed by atoms with E-state index in [2.05, 4.69) is 17.0 Å². The van der Waals surface area contributed by atoms with Crippen LogP contribution in [0.15, 0.2) is 30.3 Å². The highest BCUT2D eigenvalue weighted by Gasteiger charge is 2.30. The van der Waals surface area contributed by atoms with Crippen LogP contribution in [-0.4, -0.2) is 40.4 Å². The van der Waals surface area contributed by atoms with Crippen LogP contribution in [0, 0.1) is 0 Å². The van der Waals surface area contributed by atoms with Gasteiger partial charge in [0.2, 0.25) is 0 Å². The first-order valence-electron chi connectivity index (χ1n) is 6.31. The highest BCUT2D eigenvalue weighted by molar-refractivity contribution is 5.14. The van der Waals surface area contributed by atoms with Crippen molar-refractivity contribution >= 4 is 0 Å². The van der Waals surface area contributed by atoms with E-state index >= 15 is 0 Å². The predicted octanol–water partition coefficient (Wildman–Crippen LogP) is 1.40. The van der Waals surface area contributed by atoms with Gasteiger partial charge in [0.1, 0.15) is 5.60 Å². The Balaban J connectivity index is 2.00. The van der Waals surface area contributed by atoms with Gasteiger partial charge in [-0.25, -0.2) is 0 Å². The molecule has 1 aromatic rings. The number of aliphatic hydroxyl groups is 2. The van der Waals surface area contributed by atoms with Crippen LogP contribution in [0.4, 0.5) is 0 Å². The molecular weight excluding hydrogens is 214 g/mol. The Labute approximate surface area is 103 Å². The number of aliphatic hydroxyl groups excluding tert-OH is 1. The number of benzene rings is 1. The van der Waals surface area contributed by atoms with E-state index in [9.17, 15) is 10.2 Å². The quantitative estimate of drug-likeness (QED) is 0.832. The molecule has 1 heterocycles. The summed E-state index contributed by atoms with van der Waals surface area (Å²) in [7, 11) is 0. The minimum absolute atomic E-state index is 0.141. The maximum atomic E-state index is 10.2. The van der Waals surface area contributed by atoms with Gasteiger partial charge in [-0.3, -0.25) is 4.90 Å². The maximum absolute atomic E-state index is 10.2. The predicted molar refractivity (Wildman–Crippen MR) is 67.6 cm³/mol. The Morgan fingerprint density at radius 3 is 2.65 bits per heavy atom. The first kappa shape index (κ1) is 12.6. The van der Waals surface area contributed by atoms with E-state index in [1.54, 1.807) is 0 Å². The Morgan fingerprint density at radius 2 is 1.94 bits per heavy atom. The summed E-state index contributed by atoms with van der Waals surface area (Å²) < 4.78 is 0. The fourth-order valence-electron chi connectivity index (χ4n) is 2.47. The van der Waals surface area contributed by atoms with Gasteiger partial charge in [-0.1, -0.05) is 30.3 Å². The molecule has 0 aromatic heterocycles. The highest BCUT2D eigenvalue weighted by atomic mass is 16.3. The van der Waals surface area contributed by atoms with Crippen LogP contribution in [0.5, 0.6) is 0 Å². The van der Waals surface area contributed by atoms with Crippen molar-refractivity contribution in [1.82, 2.24) is 4.90 Å². The molecule has 0 saturated carbocycles. The molecule has 0 aliphatic carbocycles. The van der Waals surface area contributed by atoms with Gasteiger partial charge in [-0.15, -0.1) is 0 Å². The van der Waals surface area contributed by atoms with Gasteiger partial charge in [0.25, 0.3) is 0 Å². The second-order valence-electron chi connectivity index (χ2n) is 5.04. The second-order valence-corrected chi connectivity index (χ2v) is 5.04.